The van der Waals surface area contributed by atoms with Gasteiger partial charge < -0.3 is 9.73 Å². The zero-order valence-electron chi connectivity index (χ0n) is 17.1. The Morgan fingerprint density at radius 1 is 1.06 bits per heavy atom. The van der Waals surface area contributed by atoms with Gasteiger partial charge in [-0.2, -0.15) is 13.2 Å². The van der Waals surface area contributed by atoms with Crippen molar-refractivity contribution in [3.05, 3.63) is 94.5 Å². The minimum atomic E-state index is -4.48. The molecule has 0 spiro atoms. The number of benzene rings is 2. The number of ketones is 1. The maximum atomic E-state index is 13.2. The van der Waals surface area contributed by atoms with Crippen LogP contribution in [0.15, 0.2) is 71.3 Å². The molecule has 1 aliphatic carbocycles. The van der Waals surface area contributed by atoms with Gasteiger partial charge in [0.2, 0.25) is 0 Å². The van der Waals surface area contributed by atoms with Crippen molar-refractivity contribution in [2.75, 3.05) is 5.32 Å². The van der Waals surface area contributed by atoms with Crippen molar-refractivity contribution < 1.29 is 22.4 Å². The molecule has 5 rings (SSSR count). The Morgan fingerprint density at radius 2 is 1.85 bits per heavy atom. The Balaban J connectivity index is 1.59. The quantitative estimate of drug-likeness (QED) is 0.356. The molecule has 0 saturated carbocycles. The zero-order chi connectivity index (χ0) is 23.2. The van der Waals surface area contributed by atoms with Gasteiger partial charge in [0.1, 0.15) is 5.76 Å². The van der Waals surface area contributed by atoms with Gasteiger partial charge in [-0.1, -0.05) is 17.7 Å². The van der Waals surface area contributed by atoms with E-state index >= 15 is 0 Å². The summed E-state index contributed by atoms with van der Waals surface area (Å²) in [4.78, 5) is 13.2. The fourth-order valence-electron chi connectivity index (χ4n) is 4.08. The first-order valence-corrected chi connectivity index (χ1v) is 10.6. The van der Waals surface area contributed by atoms with Crippen LogP contribution >= 0.6 is 11.6 Å². The van der Waals surface area contributed by atoms with Gasteiger partial charge in [-0.3, -0.25) is 4.79 Å². The second-order valence-electron chi connectivity index (χ2n) is 7.81. The van der Waals surface area contributed by atoms with Crippen molar-refractivity contribution >= 4 is 28.9 Å². The van der Waals surface area contributed by atoms with Gasteiger partial charge in [-0.15, -0.1) is 5.10 Å². The monoisotopic (exact) mass is 471 g/mol. The molecule has 1 aliphatic rings. The number of anilines is 2. The van der Waals surface area contributed by atoms with Crippen LogP contribution < -0.4 is 5.32 Å². The first-order valence-electron chi connectivity index (χ1n) is 10.2. The molecule has 0 radical (unpaired) electrons. The molecule has 2 aromatic carbocycles. The van der Waals surface area contributed by atoms with E-state index in [0.29, 0.717) is 34.1 Å². The Kier molecular flexibility index (Phi) is 5.25. The van der Waals surface area contributed by atoms with Crippen molar-refractivity contribution in [1.82, 2.24) is 9.78 Å². The molecule has 168 valence electrons. The molecule has 0 amide bonds. The third kappa shape index (κ3) is 4.14. The average molecular weight is 472 g/mol. The molecular weight excluding hydrogens is 455 g/mol. The number of hydrogen-bond donors (Lipinski definition) is 1. The molecule has 4 aromatic rings. The van der Waals surface area contributed by atoms with E-state index in [1.165, 1.54) is 12.1 Å². The van der Waals surface area contributed by atoms with Crippen LogP contribution in [0.5, 0.6) is 0 Å². The van der Waals surface area contributed by atoms with Crippen molar-refractivity contribution in [2.45, 2.75) is 24.9 Å². The summed E-state index contributed by atoms with van der Waals surface area (Å²) < 4.78 is 46.6. The smallest absolute Gasteiger partial charge is 0.416 e. The normalized spacial score (nSPS) is 16.0. The number of aromatic nitrogens is 2. The average Bonchev–Trinajstić information content (AvgIpc) is 3.43. The molecule has 5 nitrogen and oxygen atoms in total. The number of nitrogens with one attached hydrogen (secondary N) is 1. The van der Waals surface area contributed by atoms with E-state index in [2.05, 4.69) is 10.4 Å². The summed E-state index contributed by atoms with van der Waals surface area (Å²) in [7, 11) is 0. The van der Waals surface area contributed by atoms with Crippen molar-refractivity contribution in [3.8, 4) is 5.69 Å². The van der Waals surface area contributed by atoms with E-state index < -0.39 is 11.7 Å². The molecule has 1 unspecified atom stereocenters. The molecule has 1 N–H and O–H groups in total. The van der Waals surface area contributed by atoms with Gasteiger partial charge in [0.05, 0.1) is 28.8 Å². The topological polar surface area (TPSA) is 60.1 Å². The summed E-state index contributed by atoms with van der Waals surface area (Å²) >= 11 is 6.02. The SMILES string of the molecule is O=C1CC(c2ccco2)Cc2c1c(Nc1cccc(C(F)(F)F)c1)nn2-c1ccc(Cl)cc1. The molecular formula is C24H17ClF3N3O2. The number of alkyl halides is 3. The fourth-order valence-corrected chi connectivity index (χ4v) is 4.21. The number of nitrogens with zero attached hydrogens (tertiary/aromatic N) is 2. The molecule has 0 bridgehead atoms. The lowest BCUT2D eigenvalue weighted by atomic mass is 9.85. The van der Waals surface area contributed by atoms with Crippen LogP contribution in [0, 0.1) is 0 Å². The lowest BCUT2D eigenvalue weighted by Crippen LogP contribution is -2.20. The van der Waals surface area contributed by atoms with E-state index in [1.807, 2.05) is 6.07 Å². The van der Waals surface area contributed by atoms with Crippen LogP contribution in [-0.4, -0.2) is 15.6 Å². The first-order chi connectivity index (χ1) is 15.8. The third-order valence-electron chi connectivity index (χ3n) is 5.60. The number of fused-ring (bicyclic) bond motifs is 1. The van der Waals surface area contributed by atoms with Gasteiger partial charge in [-0.05, 0) is 54.6 Å². The standard InChI is InChI=1S/C24H17ClF3N3O2/c25-16-6-8-18(9-7-16)31-19-11-14(21-5-2-10-33-21)12-20(32)22(19)23(30-31)29-17-4-1-3-15(13-17)24(26,27)28/h1-10,13-14H,11-12H2,(H,29,30). The van der Waals surface area contributed by atoms with Crippen LogP contribution in [0.25, 0.3) is 5.69 Å². The first kappa shape index (κ1) is 21.3. The fraction of sp³-hybridized carbons (Fsp3) is 0.167. The number of carbonyl (C=O) groups is 1. The van der Waals surface area contributed by atoms with Crippen LogP contribution in [0.4, 0.5) is 24.7 Å². The summed E-state index contributed by atoms with van der Waals surface area (Å²) in [6.07, 6.45) is -2.23. The van der Waals surface area contributed by atoms with Crippen LogP contribution in [-0.2, 0) is 12.6 Å². The maximum absolute atomic E-state index is 13.2. The summed E-state index contributed by atoms with van der Waals surface area (Å²) in [5.41, 5.74) is 1.10. The zero-order valence-corrected chi connectivity index (χ0v) is 17.8. The van der Waals surface area contributed by atoms with Crippen molar-refractivity contribution in [1.29, 1.82) is 0 Å². The Bertz CT molecular complexity index is 1310. The van der Waals surface area contributed by atoms with Crippen molar-refractivity contribution in [3.63, 3.8) is 0 Å². The number of carbonyl (C=O) groups excluding carboxylic acids is 1. The second kappa shape index (κ2) is 8.12. The van der Waals surface area contributed by atoms with Crippen molar-refractivity contribution in [2.24, 2.45) is 0 Å². The van der Waals surface area contributed by atoms with Crippen LogP contribution in [0.1, 0.15) is 39.7 Å². The number of halogens is 4. The minimum absolute atomic E-state index is 0.160. The van der Waals surface area contributed by atoms with E-state index in [1.54, 1.807) is 41.3 Å². The highest BCUT2D eigenvalue weighted by atomic mass is 35.5. The molecule has 9 heteroatoms. The maximum Gasteiger partial charge on any atom is 0.416 e. The molecule has 33 heavy (non-hydrogen) atoms. The molecule has 0 aliphatic heterocycles. The number of hydrogen-bond acceptors (Lipinski definition) is 4. The van der Waals surface area contributed by atoms with Crippen LogP contribution in [0.2, 0.25) is 5.02 Å². The summed E-state index contributed by atoms with van der Waals surface area (Å²) in [5.74, 6) is 0.587. The van der Waals surface area contributed by atoms with E-state index in [4.69, 9.17) is 16.0 Å². The van der Waals surface area contributed by atoms with E-state index in [-0.39, 0.29) is 29.6 Å². The highest BCUT2D eigenvalue weighted by Crippen LogP contribution is 2.39. The molecule has 2 heterocycles. The number of furan rings is 1. The van der Waals surface area contributed by atoms with Gasteiger partial charge in [-0.25, -0.2) is 4.68 Å². The summed E-state index contributed by atoms with van der Waals surface area (Å²) in [6.45, 7) is 0. The number of Topliss-reactive ketones (excluding diaryl/α,β-unsaturated/α-hetero) is 1. The van der Waals surface area contributed by atoms with Gasteiger partial charge in [0.15, 0.2) is 11.6 Å². The van der Waals surface area contributed by atoms with Crippen LogP contribution in [0.3, 0.4) is 0 Å². The highest BCUT2D eigenvalue weighted by molar-refractivity contribution is 6.30. The lowest BCUT2D eigenvalue weighted by molar-refractivity contribution is -0.137. The predicted molar refractivity (Wildman–Crippen MR) is 117 cm³/mol. The highest BCUT2D eigenvalue weighted by Gasteiger charge is 2.35. The summed E-state index contributed by atoms with van der Waals surface area (Å²) in [6, 6.07) is 15.3. The molecule has 0 fully saturated rings. The Labute approximate surface area is 191 Å². The summed E-state index contributed by atoms with van der Waals surface area (Å²) in [5, 5.41) is 8.05. The Hall–Kier alpha value is -3.52. The third-order valence-corrected chi connectivity index (χ3v) is 5.85. The molecule has 1 atom stereocenters. The molecule has 2 aromatic heterocycles. The second-order valence-corrected chi connectivity index (χ2v) is 8.24. The Morgan fingerprint density at radius 3 is 2.55 bits per heavy atom. The van der Waals surface area contributed by atoms with E-state index in [9.17, 15) is 18.0 Å². The number of rotatable bonds is 4. The van der Waals surface area contributed by atoms with Gasteiger partial charge in [0.25, 0.3) is 0 Å². The predicted octanol–water partition coefficient (Wildman–Crippen LogP) is 6.79. The molecule has 0 saturated heterocycles. The minimum Gasteiger partial charge on any atom is -0.469 e. The van der Waals surface area contributed by atoms with Gasteiger partial charge in [0, 0.05) is 29.5 Å². The largest absolute Gasteiger partial charge is 0.469 e. The van der Waals surface area contributed by atoms with Gasteiger partial charge >= 0.3 is 6.18 Å². The lowest BCUT2D eigenvalue weighted by Gasteiger charge is -2.21. The van der Waals surface area contributed by atoms with E-state index in [0.717, 1.165) is 12.1 Å².